The summed E-state index contributed by atoms with van der Waals surface area (Å²) in [6, 6.07) is 19.8. The van der Waals surface area contributed by atoms with Crippen molar-refractivity contribution < 1.29 is 24.5 Å². The molecule has 1 aliphatic heterocycles. The monoisotopic (exact) mass is 546 g/mol. The molecule has 214 valence electrons. The number of amides is 1. The second kappa shape index (κ2) is 13.8. The first-order valence-corrected chi connectivity index (χ1v) is 14.3. The molecule has 3 aromatic carbocycles. The molecule has 7 heteroatoms. The van der Waals surface area contributed by atoms with E-state index in [1.54, 1.807) is 0 Å². The molecule has 1 unspecified atom stereocenters. The van der Waals surface area contributed by atoms with Crippen molar-refractivity contribution in [1.29, 1.82) is 0 Å². The molecule has 1 spiro atoms. The topological polar surface area (TPSA) is 102 Å². The lowest BCUT2D eigenvalue weighted by Crippen LogP contribution is -2.42. The number of hydrogen-bond acceptors (Lipinski definition) is 6. The molecular weight excluding hydrogens is 504 g/mol. The number of carbonyl (C=O) groups excluding carboxylic acids is 2. The normalized spacial score (nSPS) is 16.8. The number of anilines is 1. The summed E-state index contributed by atoms with van der Waals surface area (Å²) in [5, 5.41) is 10.8. The number of benzene rings is 3. The van der Waals surface area contributed by atoms with Gasteiger partial charge in [0.15, 0.2) is 0 Å². The maximum Gasteiger partial charge on any atom is 0.306 e. The van der Waals surface area contributed by atoms with E-state index in [1.165, 1.54) is 45.6 Å². The summed E-state index contributed by atoms with van der Waals surface area (Å²) in [6.07, 6.45) is 8.64. The van der Waals surface area contributed by atoms with Crippen LogP contribution in [0.3, 0.4) is 0 Å². The second-order valence-electron chi connectivity index (χ2n) is 11.3. The van der Waals surface area contributed by atoms with Gasteiger partial charge < -0.3 is 15.4 Å². The summed E-state index contributed by atoms with van der Waals surface area (Å²) < 4.78 is 4.75. The lowest BCUT2D eigenvalue weighted by Gasteiger charge is -2.39. The Hall–Kier alpha value is -3.42. The van der Waals surface area contributed by atoms with Crippen molar-refractivity contribution in [2.45, 2.75) is 64.2 Å². The number of fused-ring (bicyclic) bond motifs is 1. The molecule has 3 N–H and O–H groups in total. The first-order valence-electron chi connectivity index (χ1n) is 14.3. The highest BCUT2D eigenvalue weighted by molar-refractivity contribution is 5.99. The number of carbonyl (C=O) groups is 2. The third-order valence-corrected chi connectivity index (χ3v) is 8.68. The van der Waals surface area contributed by atoms with Crippen molar-refractivity contribution in [1.82, 2.24) is 4.90 Å². The van der Waals surface area contributed by atoms with Crippen LogP contribution in [-0.4, -0.2) is 48.8 Å². The molecule has 1 aliphatic carbocycles. The van der Waals surface area contributed by atoms with E-state index >= 15 is 0 Å². The van der Waals surface area contributed by atoms with Crippen LogP contribution in [-0.2, 0) is 14.4 Å². The number of nitrogens with zero attached hydrogens (tertiary/aromatic N) is 1. The van der Waals surface area contributed by atoms with Gasteiger partial charge in [-0.15, -0.1) is 0 Å². The Morgan fingerprint density at radius 3 is 2.40 bits per heavy atom. The third-order valence-electron chi connectivity index (χ3n) is 8.68. The van der Waals surface area contributed by atoms with Gasteiger partial charge in [0.25, 0.3) is 5.91 Å². The van der Waals surface area contributed by atoms with Gasteiger partial charge in [-0.3, -0.25) is 14.8 Å². The number of piperidine rings is 1. The van der Waals surface area contributed by atoms with Gasteiger partial charge in [0.1, 0.15) is 0 Å². The van der Waals surface area contributed by atoms with Crippen LogP contribution in [0.4, 0.5) is 5.69 Å². The van der Waals surface area contributed by atoms with E-state index in [-0.39, 0.29) is 30.8 Å². The maximum absolute atomic E-state index is 12.6. The van der Waals surface area contributed by atoms with Gasteiger partial charge in [0.2, 0.25) is 0 Å². The molecule has 7 nitrogen and oxygen atoms in total. The van der Waals surface area contributed by atoms with Gasteiger partial charge in [0, 0.05) is 18.8 Å². The Morgan fingerprint density at radius 1 is 1.00 bits per heavy atom. The van der Waals surface area contributed by atoms with Crippen molar-refractivity contribution in [3.63, 3.8) is 0 Å². The molecule has 1 amide bonds. The molecule has 2 aliphatic rings. The number of methoxy groups -OCH3 is 1. The number of hydrogen-bond donors (Lipinski definition) is 2. The molecule has 3 aromatic rings. The van der Waals surface area contributed by atoms with Crippen molar-refractivity contribution in [3.8, 4) is 0 Å². The van der Waals surface area contributed by atoms with Gasteiger partial charge in [-0.1, -0.05) is 66.9 Å². The SMILES string of the molecule is COC(=O)CC(CCOO)c1cccc2ccccc12.Cc1ccc(N)c(C(=O)N2CCC3(CCCC3)CC2)c1. The standard InChI is InChI=1S/C17H24N2O.C16H18O4/c1-13-4-5-15(18)14(12-13)16(20)19-10-8-17(9-11-19)6-2-3-7-17;1-19-16(17)11-13(9-10-20-18)15-8-4-6-12-5-2-3-7-14(12)15/h4-5,12H,2-3,6-11,18H2,1H3;2-8,13,18H,9-11H2,1H3. The van der Waals surface area contributed by atoms with Crippen molar-refractivity contribution >= 4 is 28.3 Å². The smallest absolute Gasteiger partial charge is 0.306 e. The van der Waals surface area contributed by atoms with E-state index in [4.69, 9.17) is 15.7 Å². The van der Waals surface area contributed by atoms with Gasteiger partial charge in [-0.2, -0.15) is 0 Å². The zero-order valence-electron chi connectivity index (χ0n) is 23.7. The Bertz CT molecular complexity index is 1290. The van der Waals surface area contributed by atoms with Gasteiger partial charge in [-0.25, -0.2) is 4.89 Å². The van der Waals surface area contributed by atoms with Gasteiger partial charge >= 0.3 is 5.97 Å². The summed E-state index contributed by atoms with van der Waals surface area (Å²) >= 11 is 0. The number of esters is 1. The van der Waals surface area contributed by atoms with Crippen molar-refractivity contribution in [2.75, 3.05) is 32.5 Å². The Morgan fingerprint density at radius 2 is 1.70 bits per heavy atom. The quantitative estimate of drug-likeness (QED) is 0.147. The fourth-order valence-corrected chi connectivity index (χ4v) is 6.29. The molecule has 1 saturated carbocycles. The first kappa shape index (κ1) is 29.6. The fraction of sp³-hybridized carbons (Fsp3) is 0.455. The molecule has 0 aromatic heterocycles. The van der Waals surface area contributed by atoms with Crippen LogP contribution in [0.25, 0.3) is 10.8 Å². The Balaban J connectivity index is 0.000000185. The van der Waals surface area contributed by atoms with E-state index in [9.17, 15) is 9.59 Å². The lowest BCUT2D eigenvalue weighted by atomic mass is 9.77. The third kappa shape index (κ3) is 7.20. The van der Waals surface area contributed by atoms with Crippen LogP contribution in [0.15, 0.2) is 60.7 Å². The Kier molecular flexibility index (Phi) is 10.2. The molecule has 0 radical (unpaired) electrons. The average Bonchev–Trinajstić information content (AvgIpc) is 3.44. The minimum absolute atomic E-state index is 0.0410. The predicted octanol–water partition coefficient (Wildman–Crippen LogP) is 6.74. The van der Waals surface area contributed by atoms with Crippen LogP contribution in [0.2, 0.25) is 0 Å². The minimum Gasteiger partial charge on any atom is -0.469 e. The number of ether oxygens (including phenoxy) is 1. The predicted molar refractivity (Wildman–Crippen MR) is 158 cm³/mol. The molecule has 40 heavy (non-hydrogen) atoms. The Labute approximate surface area is 237 Å². The van der Waals surface area contributed by atoms with E-state index in [0.717, 1.165) is 35.0 Å². The highest BCUT2D eigenvalue weighted by Crippen LogP contribution is 2.46. The molecule has 1 atom stereocenters. The molecule has 2 fully saturated rings. The molecular formula is C33H42N2O5. The highest BCUT2D eigenvalue weighted by atomic mass is 17.1. The average molecular weight is 547 g/mol. The maximum atomic E-state index is 12.6. The molecule has 1 heterocycles. The van der Waals surface area contributed by atoms with Crippen LogP contribution in [0.5, 0.6) is 0 Å². The lowest BCUT2D eigenvalue weighted by molar-refractivity contribution is -0.243. The number of nitrogens with two attached hydrogens (primary N) is 1. The number of rotatable bonds is 7. The van der Waals surface area contributed by atoms with E-state index in [1.807, 2.05) is 72.5 Å². The number of aryl methyl sites for hydroxylation is 1. The summed E-state index contributed by atoms with van der Waals surface area (Å²) in [6.45, 7) is 3.98. The van der Waals surface area contributed by atoms with Crippen LogP contribution in [0, 0.1) is 12.3 Å². The van der Waals surface area contributed by atoms with Crippen LogP contribution in [0.1, 0.15) is 78.8 Å². The second-order valence-corrected chi connectivity index (χ2v) is 11.3. The summed E-state index contributed by atoms with van der Waals surface area (Å²) in [7, 11) is 1.38. The number of likely N-dealkylation sites (tertiary alicyclic amines) is 1. The molecule has 1 saturated heterocycles. The highest BCUT2D eigenvalue weighted by Gasteiger charge is 2.38. The summed E-state index contributed by atoms with van der Waals surface area (Å²) in [5.74, 6) is -0.194. The van der Waals surface area contributed by atoms with E-state index < -0.39 is 0 Å². The van der Waals surface area contributed by atoms with Gasteiger partial charge in [-0.05, 0) is 78.8 Å². The molecule has 5 rings (SSSR count). The zero-order chi connectivity index (χ0) is 28.5. The first-order chi connectivity index (χ1) is 19.4. The van der Waals surface area contributed by atoms with Crippen LogP contribution >= 0.6 is 0 Å². The van der Waals surface area contributed by atoms with E-state index in [0.29, 0.717) is 23.1 Å². The zero-order valence-corrected chi connectivity index (χ0v) is 23.7. The largest absolute Gasteiger partial charge is 0.469 e. The van der Waals surface area contributed by atoms with Crippen molar-refractivity contribution in [2.24, 2.45) is 5.41 Å². The minimum atomic E-state index is -0.263. The summed E-state index contributed by atoms with van der Waals surface area (Å²) in [4.78, 5) is 30.4. The molecule has 0 bridgehead atoms. The van der Waals surface area contributed by atoms with Gasteiger partial charge in [0.05, 0.1) is 25.7 Å². The van der Waals surface area contributed by atoms with E-state index in [2.05, 4.69) is 4.89 Å². The number of nitrogen functional groups attached to an aromatic ring is 1. The van der Waals surface area contributed by atoms with Crippen molar-refractivity contribution in [3.05, 3.63) is 77.4 Å². The fourth-order valence-electron chi connectivity index (χ4n) is 6.29. The summed E-state index contributed by atoms with van der Waals surface area (Å²) in [5.41, 5.74) is 9.95. The van der Waals surface area contributed by atoms with Crippen LogP contribution < -0.4 is 5.73 Å².